The Bertz CT molecular complexity index is 588. The number of benzene rings is 1. The molecule has 0 amide bonds. The molecule has 1 aromatic carbocycles. The Balaban J connectivity index is 0.000000480. The third-order valence-electron chi connectivity index (χ3n) is 4.67. The molecule has 0 aliphatic carbocycles. The smallest absolute Gasteiger partial charge is 0.307 e. The lowest BCUT2D eigenvalue weighted by Crippen LogP contribution is -2.38. The van der Waals surface area contributed by atoms with Crippen LogP contribution in [0.4, 0.5) is 0 Å². The SMILES string of the molecule is CC.CC(C)(C)C(C/C(=N/N)NN)C(=O)O.Cc1ccc(C2CCNC2)cc1. The topological polar surface area (TPSA) is 126 Å². The van der Waals surface area contributed by atoms with E-state index < -0.39 is 11.9 Å². The van der Waals surface area contributed by atoms with Crippen LogP contribution in [0.2, 0.25) is 0 Å². The first kappa shape index (κ1) is 25.9. The van der Waals surface area contributed by atoms with Gasteiger partial charge in [0.2, 0.25) is 0 Å². The molecule has 1 aromatic rings. The molecule has 1 heterocycles. The van der Waals surface area contributed by atoms with E-state index >= 15 is 0 Å². The van der Waals surface area contributed by atoms with Gasteiger partial charge in [-0.2, -0.15) is 5.10 Å². The maximum absolute atomic E-state index is 10.9. The van der Waals surface area contributed by atoms with Crippen LogP contribution in [0.25, 0.3) is 0 Å². The van der Waals surface area contributed by atoms with Crippen molar-refractivity contribution in [2.45, 2.75) is 60.3 Å². The van der Waals surface area contributed by atoms with Crippen LogP contribution >= 0.6 is 0 Å². The largest absolute Gasteiger partial charge is 0.481 e. The van der Waals surface area contributed by atoms with Gasteiger partial charge < -0.3 is 21.7 Å². The molecular formula is C21H39N5O2. The first-order valence-electron chi connectivity index (χ1n) is 9.92. The van der Waals surface area contributed by atoms with Gasteiger partial charge in [0, 0.05) is 13.0 Å². The fourth-order valence-corrected chi connectivity index (χ4v) is 2.88. The molecule has 7 N–H and O–H groups in total. The van der Waals surface area contributed by atoms with E-state index in [0.29, 0.717) is 0 Å². The van der Waals surface area contributed by atoms with Crippen molar-refractivity contribution in [2.75, 3.05) is 13.1 Å². The number of carboxylic acid groups (broad SMARTS) is 1. The average Bonchev–Trinajstić information content (AvgIpc) is 3.19. The minimum Gasteiger partial charge on any atom is -0.481 e. The second-order valence-corrected chi connectivity index (χ2v) is 7.78. The van der Waals surface area contributed by atoms with Crippen LogP contribution in [-0.4, -0.2) is 30.0 Å². The molecule has 28 heavy (non-hydrogen) atoms. The predicted octanol–water partition coefficient (Wildman–Crippen LogP) is 2.96. The van der Waals surface area contributed by atoms with Crippen LogP contribution in [0.15, 0.2) is 29.4 Å². The second-order valence-electron chi connectivity index (χ2n) is 7.78. The van der Waals surface area contributed by atoms with Crippen LogP contribution in [0.5, 0.6) is 0 Å². The average molecular weight is 394 g/mol. The summed E-state index contributed by atoms with van der Waals surface area (Å²) >= 11 is 0. The summed E-state index contributed by atoms with van der Waals surface area (Å²) in [5.74, 6) is 9.74. The van der Waals surface area contributed by atoms with Crippen LogP contribution in [0.1, 0.15) is 64.5 Å². The van der Waals surface area contributed by atoms with Crippen molar-refractivity contribution < 1.29 is 9.90 Å². The fourth-order valence-electron chi connectivity index (χ4n) is 2.88. The molecule has 0 bridgehead atoms. The molecule has 0 spiro atoms. The summed E-state index contributed by atoms with van der Waals surface area (Å²) in [6.45, 7) is 14.0. The fraction of sp³-hybridized carbons (Fsp3) is 0.619. The Morgan fingerprint density at radius 3 is 2.25 bits per heavy atom. The summed E-state index contributed by atoms with van der Waals surface area (Å²) < 4.78 is 0. The van der Waals surface area contributed by atoms with Crippen molar-refractivity contribution in [1.82, 2.24) is 10.7 Å². The predicted molar refractivity (Wildman–Crippen MR) is 117 cm³/mol. The quantitative estimate of drug-likeness (QED) is 0.232. The number of carboxylic acids is 1. The van der Waals surface area contributed by atoms with Crippen molar-refractivity contribution in [3.63, 3.8) is 0 Å². The zero-order valence-corrected chi connectivity index (χ0v) is 18.2. The highest BCUT2D eigenvalue weighted by molar-refractivity contribution is 5.86. The molecule has 1 aliphatic heterocycles. The normalized spacial score (nSPS) is 17.5. The van der Waals surface area contributed by atoms with Gasteiger partial charge in [-0.15, -0.1) is 0 Å². The molecule has 1 saturated heterocycles. The number of nitrogens with one attached hydrogen (secondary N) is 2. The van der Waals surface area contributed by atoms with Crippen LogP contribution in [-0.2, 0) is 4.79 Å². The Morgan fingerprint density at radius 2 is 1.89 bits per heavy atom. The van der Waals surface area contributed by atoms with Crippen molar-refractivity contribution >= 4 is 11.8 Å². The van der Waals surface area contributed by atoms with Crippen LogP contribution < -0.4 is 22.4 Å². The molecule has 7 nitrogen and oxygen atoms in total. The van der Waals surface area contributed by atoms with Crippen molar-refractivity contribution in [3.05, 3.63) is 35.4 Å². The third-order valence-corrected chi connectivity index (χ3v) is 4.67. The molecule has 2 atom stereocenters. The second kappa shape index (κ2) is 13.1. The van der Waals surface area contributed by atoms with Crippen molar-refractivity contribution in [2.24, 2.45) is 28.1 Å². The van der Waals surface area contributed by atoms with Crippen molar-refractivity contribution in [3.8, 4) is 0 Å². The van der Waals surface area contributed by atoms with Gasteiger partial charge >= 0.3 is 5.97 Å². The van der Waals surface area contributed by atoms with Gasteiger partial charge in [0.05, 0.1) is 5.92 Å². The summed E-state index contributed by atoms with van der Waals surface area (Å²) in [6, 6.07) is 8.92. The summed E-state index contributed by atoms with van der Waals surface area (Å²) in [6.07, 6.45) is 1.49. The van der Waals surface area contributed by atoms with E-state index in [2.05, 4.69) is 47.0 Å². The van der Waals surface area contributed by atoms with Gasteiger partial charge in [-0.1, -0.05) is 64.4 Å². The zero-order valence-electron chi connectivity index (χ0n) is 18.2. The van der Waals surface area contributed by atoms with Gasteiger partial charge in [0.25, 0.3) is 0 Å². The van der Waals surface area contributed by atoms with E-state index in [4.69, 9.17) is 16.8 Å². The molecule has 0 aromatic heterocycles. The summed E-state index contributed by atoms with van der Waals surface area (Å²) in [5, 5.41) is 15.7. The molecule has 0 saturated carbocycles. The highest BCUT2D eigenvalue weighted by Crippen LogP contribution is 2.28. The van der Waals surface area contributed by atoms with Gasteiger partial charge in [-0.05, 0) is 36.8 Å². The number of hydrazone groups is 1. The lowest BCUT2D eigenvalue weighted by Gasteiger charge is -2.26. The number of nitrogens with two attached hydrogens (primary N) is 2. The Hall–Kier alpha value is -2.12. The highest BCUT2D eigenvalue weighted by Gasteiger charge is 2.32. The molecule has 1 aliphatic rings. The standard InChI is InChI=1S/C11H15N.C8H18N4O2.C2H6/c1-9-2-4-10(5-3-9)11-6-7-12-8-11;1-8(2,3)5(7(13)14)4-6(11-9)12-10;1-2/h2-5,11-12H,6-8H2,1H3;5H,4,9-10H2,1-3H3,(H,11,12)(H,13,14);1-2H3. The zero-order chi connectivity index (χ0) is 21.7. The number of hydrazine groups is 1. The van der Waals surface area contributed by atoms with Crippen LogP contribution in [0.3, 0.4) is 0 Å². The highest BCUT2D eigenvalue weighted by atomic mass is 16.4. The Morgan fingerprint density at radius 1 is 1.32 bits per heavy atom. The number of hydrogen-bond acceptors (Lipinski definition) is 5. The molecule has 2 rings (SSSR count). The van der Waals surface area contributed by atoms with Gasteiger partial charge in [-0.3, -0.25) is 4.79 Å². The van der Waals surface area contributed by atoms with E-state index in [1.165, 1.54) is 24.1 Å². The number of nitrogens with zero attached hydrogens (tertiary/aromatic N) is 1. The third kappa shape index (κ3) is 9.19. The number of aryl methyl sites for hydroxylation is 1. The first-order valence-corrected chi connectivity index (χ1v) is 9.92. The molecule has 0 radical (unpaired) electrons. The Kier molecular flexibility index (Phi) is 12.1. The van der Waals surface area contributed by atoms with Gasteiger partial charge in [0.1, 0.15) is 5.84 Å². The number of hydrogen-bond donors (Lipinski definition) is 5. The summed E-state index contributed by atoms with van der Waals surface area (Å²) in [5.41, 5.74) is 4.75. The number of aliphatic carboxylic acids is 1. The lowest BCUT2D eigenvalue weighted by atomic mass is 9.78. The monoisotopic (exact) mass is 393 g/mol. The van der Waals surface area contributed by atoms with E-state index in [9.17, 15) is 4.79 Å². The first-order chi connectivity index (χ1) is 13.2. The van der Waals surface area contributed by atoms with Gasteiger partial charge in [-0.25, -0.2) is 5.84 Å². The van der Waals surface area contributed by atoms with Gasteiger partial charge in [0.15, 0.2) is 0 Å². The molecular weight excluding hydrogens is 354 g/mol. The van der Waals surface area contributed by atoms with Crippen LogP contribution in [0, 0.1) is 18.3 Å². The number of amidine groups is 1. The molecule has 1 fully saturated rings. The molecule has 160 valence electrons. The van der Waals surface area contributed by atoms with E-state index in [1.807, 2.05) is 34.6 Å². The number of carbonyl (C=O) groups is 1. The summed E-state index contributed by atoms with van der Waals surface area (Å²) in [7, 11) is 0. The maximum Gasteiger partial charge on any atom is 0.307 e. The van der Waals surface area contributed by atoms with Crippen molar-refractivity contribution in [1.29, 1.82) is 0 Å². The van der Waals surface area contributed by atoms with E-state index in [1.54, 1.807) is 0 Å². The Labute approximate surface area is 169 Å². The van der Waals surface area contributed by atoms with E-state index in [-0.39, 0.29) is 17.7 Å². The molecule has 2 unspecified atom stereocenters. The van der Waals surface area contributed by atoms with E-state index in [0.717, 1.165) is 12.5 Å². The minimum absolute atomic E-state index is 0.200. The minimum atomic E-state index is -0.881. The lowest BCUT2D eigenvalue weighted by molar-refractivity contribution is -0.145. The summed E-state index contributed by atoms with van der Waals surface area (Å²) in [4.78, 5) is 10.9. The number of rotatable bonds is 4. The molecule has 7 heteroatoms. The maximum atomic E-state index is 10.9.